The van der Waals surface area contributed by atoms with Crippen molar-refractivity contribution < 1.29 is 9.53 Å². The lowest BCUT2D eigenvalue weighted by atomic mass is 10.1. The Hall–Kier alpha value is -2.29. The summed E-state index contributed by atoms with van der Waals surface area (Å²) in [5, 5.41) is 2.95. The molecule has 0 saturated carbocycles. The summed E-state index contributed by atoms with van der Waals surface area (Å²) in [5.74, 6) is 0.906. The molecule has 21 heavy (non-hydrogen) atoms. The summed E-state index contributed by atoms with van der Waals surface area (Å²) < 4.78 is 5.40. The predicted molar refractivity (Wildman–Crippen MR) is 85.7 cm³/mol. The lowest BCUT2D eigenvalue weighted by molar-refractivity contribution is -0.116. The van der Waals surface area contributed by atoms with Gasteiger partial charge in [0.2, 0.25) is 5.91 Å². The summed E-state index contributed by atoms with van der Waals surface area (Å²) in [5.41, 5.74) is 3.10. The maximum absolute atomic E-state index is 12.0. The van der Waals surface area contributed by atoms with Gasteiger partial charge in [-0.3, -0.25) is 4.79 Å². The molecule has 3 heteroatoms. The van der Waals surface area contributed by atoms with Crippen LogP contribution in [0.1, 0.15) is 24.5 Å². The van der Waals surface area contributed by atoms with Crippen molar-refractivity contribution >= 4 is 11.6 Å². The molecular formula is C18H21NO2. The van der Waals surface area contributed by atoms with Crippen molar-refractivity contribution in [2.45, 2.75) is 26.7 Å². The molecule has 2 aromatic rings. The Balaban J connectivity index is 1.85. The van der Waals surface area contributed by atoms with E-state index in [1.54, 1.807) is 0 Å². The van der Waals surface area contributed by atoms with Gasteiger partial charge < -0.3 is 10.1 Å². The van der Waals surface area contributed by atoms with Crippen LogP contribution >= 0.6 is 0 Å². The second-order valence-electron chi connectivity index (χ2n) is 4.94. The van der Waals surface area contributed by atoms with E-state index in [0.29, 0.717) is 13.0 Å². The molecule has 0 unspecified atom stereocenters. The Kier molecular flexibility index (Phi) is 5.38. The highest BCUT2D eigenvalue weighted by atomic mass is 16.5. The van der Waals surface area contributed by atoms with E-state index >= 15 is 0 Å². The van der Waals surface area contributed by atoms with Crippen LogP contribution in [0.4, 0.5) is 5.69 Å². The molecule has 0 heterocycles. The van der Waals surface area contributed by atoms with Gasteiger partial charge in [0.25, 0.3) is 0 Å². The van der Waals surface area contributed by atoms with Crippen LogP contribution in [-0.2, 0) is 11.2 Å². The zero-order valence-electron chi connectivity index (χ0n) is 12.6. The number of rotatable bonds is 6. The van der Waals surface area contributed by atoms with Crippen LogP contribution in [0.15, 0.2) is 48.5 Å². The first-order valence-corrected chi connectivity index (χ1v) is 7.26. The maximum atomic E-state index is 12.0. The van der Waals surface area contributed by atoms with Gasteiger partial charge in [-0.1, -0.05) is 30.3 Å². The molecule has 0 bridgehead atoms. The summed E-state index contributed by atoms with van der Waals surface area (Å²) in [4.78, 5) is 12.0. The van der Waals surface area contributed by atoms with Crippen LogP contribution in [0, 0.1) is 6.92 Å². The van der Waals surface area contributed by atoms with Crippen molar-refractivity contribution in [3.05, 3.63) is 59.7 Å². The van der Waals surface area contributed by atoms with E-state index in [2.05, 4.69) is 5.32 Å². The highest BCUT2D eigenvalue weighted by Gasteiger charge is 2.05. The van der Waals surface area contributed by atoms with Crippen molar-refractivity contribution in [2.75, 3.05) is 11.9 Å². The molecular weight excluding hydrogens is 262 g/mol. The molecule has 0 atom stereocenters. The monoisotopic (exact) mass is 283 g/mol. The third kappa shape index (κ3) is 4.63. The van der Waals surface area contributed by atoms with E-state index in [1.807, 2.05) is 62.4 Å². The zero-order chi connectivity index (χ0) is 15.1. The van der Waals surface area contributed by atoms with Crippen molar-refractivity contribution in [3.63, 3.8) is 0 Å². The van der Waals surface area contributed by atoms with Crippen LogP contribution in [0.5, 0.6) is 5.75 Å². The smallest absolute Gasteiger partial charge is 0.224 e. The first kappa shape index (κ1) is 15.1. The van der Waals surface area contributed by atoms with Gasteiger partial charge in [-0.05, 0) is 49.6 Å². The number of benzene rings is 2. The largest absolute Gasteiger partial charge is 0.494 e. The van der Waals surface area contributed by atoms with Crippen LogP contribution in [0.2, 0.25) is 0 Å². The minimum Gasteiger partial charge on any atom is -0.494 e. The number of hydrogen-bond acceptors (Lipinski definition) is 2. The number of amides is 1. The zero-order valence-corrected chi connectivity index (χ0v) is 12.6. The highest BCUT2D eigenvalue weighted by molar-refractivity contribution is 5.91. The minimum absolute atomic E-state index is 0.0400. The fraction of sp³-hybridized carbons (Fsp3) is 0.278. The SMILES string of the molecule is CCOc1ccc(CCC(=O)Nc2ccccc2C)cc1. The molecule has 3 nitrogen and oxygen atoms in total. The van der Waals surface area contributed by atoms with Gasteiger partial charge in [0.15, 0.2) is 0 Å². The molecule has 0 aliphatic heterocycles. The van der Waals surface area contributed by atoms with E-state index in [-0.39, 0.29) is 5.91 Å². The molecule has 1 N–H and O–H groups in total. The topological polar surface area (TPSA) is 38.3 Å². The Bertz CT molecular complexity index is 590. The van der Waals surface area contributed by atoms with Crippen molar-refractivity contribution in [1.29, 1.82) is 0 Å². The van der Waals surface area contributed by atoms with E-state index in [4.69, 9.17) is 4.74 Å². The van der Waals surface area contributed by atoms with Gasteiger partial charge in [-0.15, -0.1) is 0 Å². The summed E-state index contributed by atoms with van der Waals surface area (Å²) in [6.07, 6.45) is 1.20. The van der Waals surface area contributed by atoms with Gasteiger partial charge in [-0.2, -0.15) is 0 Å². The molecule has 0 spiro atoms. The standard InChI is InChI=1S/C18H21NO2/c1-3-21-16-11-8-15(9-12-16)10-13-18(20)19-17-7-5-4-6-14(17)2/h4-9,11-12H,3,10,13H2,1-2H3,(H,19,20). The van der Waals surface area contributed by atoms with Crippen molar-refractivity contribution in [3.8, 4) is 5.75 Å². The molecule has 2 rings (SSSR count). The molecule has 1 amide bonds. The third-order valence-electron chi connectivity index (χ3n) is 3.29. The van der Waals surface area contributed by atoms with Gasteiger partial charge in [0.05, 0.1) is 6.61 Å². The van der Waals surface area contributed by atoms with Crippen molar-refractivity contribution in [1.82, 2.24) is 0 Å². The fourth-order valence-corrected chi connectivity index (χ4v) is 2.10. The van der Waals surface area contributed by atoms with Crippen molar-refractivity contribution in [2.24, 2.45) is 0 Å². The van der Waals surface area contributed by atoms with Crippen LogP contribution in [0.3, 0.4) is 0 Å². The number of aryl methyl sites for hydroxylation is 2. The summed E-state index contributed by atoms with van der Waals surface area (Å²) in [7, 11) is 0. The lowest BCUT2D eigenvalue weighted by Gasteiger charge is -2.08. The van der Waals surface area contributed by atoms with Gasteiger partial charge in [0.1, 0.15) is 5.75 Å². The number of anilines is 1. The van der Waals surface area contributed by atoms with Gasteiger partial charge in [-0.25, -0.2) is 0 Å². The molecule has 0 saturated heterocycles. The highest BCUT2D eigenvalue weighted by Crippen LogP contribution is 2.15. The lowest BCUT2D eigenvalue weighted by Crippen LogP contribution is -2.13. The number of ether oxygens (including phenoxy) is 1. The Morgan fingerprint density at radius 1 is 1.10 bits per heavy atom. The first-order valence-electron chi connectivity index (χ1n) is 7.26. The Labute approximate surface area is 126 Å². The van der Waals surface area contributed by atoms with Crippen LogP contribution in [-0.4, -0.2) is 12.5 Å². The van der Waals surface area contributed by atoms with Crippen LogP contribution < -0.4 is 10.1 Å². The molecule has 0 aliphatic carbocycles. The van der Waals surface area contributed by atoms with Gasteiger partial charge >= 0.3 is 0 Å². The second-order valence-corrected chi connectivity index (χ2v) is 4.94. The average molecular weight is 283 g/mol. The summed E-state index contributed by atoms with van der Waals surface area (Å²) >= 11 is 0. The third-order valence-corrected chi connectivity index (χ3v) is 3.29. The number of para-hydroxylation sites is 1. The molecule has 0 aliphatic rings. The van der Waals surface area contributed by atoms with E-state index in [1.165, 1.54) is 0 Å². The van der Waals surface area contributed by atoms with Crippen LogP contribution in [0.25, 0.3) is 0 Å². The number of hydrogen-bond donors (Lipinski definition) is 1. The average Bonchev–Trinajstić information content (AvgIpc) is 2.49. The molecule has 110 valence electrons. The molecule has 0 radical (unpaired) electrons. The van der Waals surface area contributed by atoms with E-state index in [9.17, 15) is 4.79 Å². The first-order chi connectivity index (χ1) is 10.2. The van der Waals surface area contributed by atoms with E-state index in [0.717, 1.165) is 29.0 Å². The molecule has 2 aromatic carbocycles. The predicted octanol–water partition coefficient (Wildman–Crippen LogP) is 3.97. The normalized spacial score (nSPS) is 10.2. The Morgan fingerprint density at radius 2 is 1.81 bits per heavy atom. The van der Waals surface area contributed by atoms with Gasteiger partial charge in [0, 0.05) is 12.1 Å². The number of carbonyl (C=O) groups is 1. The number of nitrogens with one attached hydrogen (secondary N) is 1. The van der Waals surface area contributed by atoms with E-state index < -0.39 is 0 Å². The number of carbonyl (C=O) groups excluding carboxylic acids is 1. The Morgan fingerprint density at radius 3 is 2.48 bits per heavy atom. The minimum atomic E-state index is 0.0400. The fourth-order valence-electron chi connectivity index (χ4n) is 2.10. The summed E-state index contributed by atoms with van der Waals surface area (Å²) in [6, 6.07) is 15.7. The summed E-state index contributed by atoms with van der Waals surface area (Å²) in [6.45, 7) is 4.62. The quantitative estimate of drug-likeness (QED) is 0.871. The molecule has 0 fully saturated rings. The molecule has 0 aromatic heterocycles. The second kappa shape index (κ2) is 7.48. The maximum Gasteiger partial charge on any atom is 0.224 e.